The van der Waals surface area contributed by atoms with Gasteiger partial charge in [-0.1, -0.05) is 52.0 Å². The zero-order valence-corrected chi connectivity index (χ0v) is 13.9. The van der Waals surface area contributed by atoms with Crippen LogP contribution in [0.2, 0.25) is 0 Å². The summed E-state index contributed by atoms with van der Waals surface area (Å²) in [5.74, 6) is 0. The van der Waals surface area contributed by atoms with Gasteiger partial charge in [-0.15, -0.1) is 0 Å². The maximum Gasteiger partial charge on any atom is 0.0703 e. The smallest absolute Gasteiger partial charge is 0.0703 e. The normalized spacial score (nSPS) is 11.3. The van der Waals surface area contributed by atoms with Crippen LogP contribution in [0.25, 0.3) is 11.1 Å². The number of nitrogens with one attached hydrogen (secondary N) is 1. The zero-order chi connectivity index (χ0) is 15.4. The molecule has 1 aromatic heterocycles. The van der Waals surface area contributed by atoms with Crippen LogP contribution in [0, 0.1) is 0 Å². The van der Waals surface area contributed by atoms with Crippen molar-refractivity contribution in [3.8, 4) is 11.1 Å². The Balaban J connectivity index is 2.30. The van der Waals surface area contributed by atoms with Gasteiger partial charge in [-0.25, -0.2) is 0 Å². The summed E-state index contributed by atoms with van der Waals surface area (Å²) in [6.45, 7) is 9.63. The number of hydrogen-bond acceptors (Lipinski definition) is 2. The van der Waals surface area contributed by atoms with Crippen molar-refractivity contribution in [3.63, 3.8) is 0 Å². The molecule has 0 bridgehead atoms. The lowest BCUT2D eigenvalue weighted by molar-refractivity contribution is 0.589. The van der Waals surface area contributed by atoms with E-state index >= 15 is 0 Å². The van der Waals surface area contributed by atoms with Crippen LogP contribution < -0.4 is 5.32 Å². The van der Waals surface area contributed by atoms with Gasteiger partial charge in [0.2, 0.25) is 0 Å². The minimum absolute atomic E-state index is 0.515. The summed E-state index contributed by atoms with van der Waals surface area (Å²) in [5.41, 5.74) is 6.45. The Morgan fingerprint density at radius 3 is 2.29 bits per heavy atom. The van der Waals surface area contributed by atoms with E-state index in [2.05, 4.69) is 62.4 Å². The lowest BCUT2D eigenvalue weighted by Crippen LogP contribution is -2.21. The Morgan fingerprint density at radius 2 is 1.76 bits per heavy atom. The quantitative estimate of drug-likeness (QED) is 0.877. The lowest BCUT2D eigenvalue weighted by atomic mass is 9.99. The van der Waals surface area contributed by atoms with E-state index in [4.69, 9.17) is 0 Å². The SMILES string of the molecule is CCc1nn(C)c(CC)c1-c1ccc(CNC(C)C)cc1. The van der Waals surface area contributed by atoms with Gasteiger partial charge in [0.25, 0.3) is 0 Å². The third-order valence-electron chi connectivity index (χ3n) is 3.87. The monoisotopic (exact) mass is 285 g/mol. The van der Waals surface area contributed by atoms with E-state index in [0.29, 0.717) is 6.04 Å². The van der Waals surface area contributed by atoms with E-state index in [1.165, 1.54) is 28.1 Å². The number of rotatable bonds is 6. The second-order valence-electron chi connectivity index (χ2n) is 5.83. The van der Waals surface area contributed by atoms with Gasteiger partial charge >= 0.3 is 0 Å². The highest BCUT2D eigenvalue weighted by Gasteiger charge is 2.15. The molecule has 0 fully saturated rings. The first kappa shape index (κ1) is 15.8. The first-order valence-corrected chi connectivity index (χ1v) is 7.94. The number of aromatic nitrogens is 2. The summed E-state index contributed by atoms with van der Waals surface area (Å²) in [7, 11) is 2.04. The van der Waals surface area contributed by atoms with Crippen molar-refractivity contribution in [2.75, 3.05) is 0 Å². The van der Waals surface area contributed by atoms with E-state index in [-0.39, 0.29) is 0 Å². The van der Waals surface area contributed by atoms with Crippen molar-refractivity contribution in [1.29, 1.82) is 0 Å². The summed E-state index contributed by atoms with van der Waals surface area (Å²) >= 11 is 0. The van der Waals surface area contributed by atoms with Crippen LogP contribution in [-0.4, -0.2) is 15.8 Å². The average Bonchev–Trinajstić information content (AvgIpc) is 2.81. The first-order chi connectivity index (χ1) is 10.1. The van der Waals surface area contributed by atoms with E-state index in [9.17, 15) is 0 Å². The molecule has 3 nitrogen and oxygen atoms in total. The Kier molecular flexibility index (Phi) is 5.18. The molecule has 0 aliphatic carbocycles. The summed E-state index contributed by atoms with van der Waals surface area (Å²) in [6.07, 6.45) is 1.98. The molecule has 0 aliphatic heterocycles. The summed E-state index contributed by atoms with van der Waals surface area (Å²) in [4.78, 5) is 0. The topological polar surface area (TPSA) is 29.9 Å². The summed E-state index contributed by atoms with van der Waals surface area (Å²) in [6, 6.07) is 9.41. The molecule has 114 valence electrons. The average molecular weight is 285 g/mol. The fourth-order valence-corrected chi connectivity index (χ4v) is 2.72. The van der Waals surface area contributed by atoms with Gasteiger partial charge in [0.15, 0.2) is 0 Å². The summed E-state index contributed by atoms with van der Waals surface area (Å²) < 4.78 is 2.03. The molecule has 1 heterocycles. The van der Waals surface area contributed by atoms with Gasteiger partial charge in [0, 0.05) is 30.9 Å². The number of aryl methyl sites for hydroxylation is 2. The van der Waals surface area contributed by atoms with Crippen molar-refractivity contribution < 1.29 is 0 Å². The predicted octanol–water partition coefficient (Wildman–Crippen LogP) is 3.71. The number of nitrogens with zero attached hydrogens (tertiary/aromatic N) is 2. The molecule has 2 rings (SSSR count). The molecule has 0 aliphatic rings. The van der Waals surface area contributed by atoms with E-state index in [1.807, 2.05) is 11.7 Å². The maximum atomic E-state index is 4.66. The molecule has 1 aromatic carbocycles. The van der Waals surface area contributed by atoms with Crippen molar-refractivity contribution >= 4 is 0 Å². The van der Waals surface area contributed by atoms with Crippen LogP contribution in [0.15, 0.2) is 24.3 Å². The minimum atomic E-state index is 0.515. The van der Waals surface area contributed by atoms with Gasteiger partial charge in [-0.2, -0.15) is 5.10 Å². The van der Waals surface area contributed by atoms with Crippen molar-refractivity contribution in [2.24, 2.45) is 7.05 Å². The molecule has 0 saturated carbocycles. The highest BCUT2D eigenvalue weighted by atomic mass is 15.3. The second-order valence-corrected chi connectivity index (χ2v) is 5.83. The highest BCUT2D eigenvalue weighted by molar-refractivity contribution is 5.69. The van der Waals surface area contributed by atoms with Crippen molar-refractivity contribution in [2.45, 2.75) is 53.1 Å². The van der Waals surface area contributed by atoms with Gasteiger partial charge in [-0.05, 0) is 24.0 Å². The molecule has 0 spiro atoms. The van der Waals surface area contributed by atoms with Crippen LogP contribution in [0.1, 0.15) is 44.6 Å². The van der Waals surface area contributed by atoms with Crippen LogP contribution in [0.3, 0.4) is 0 Å². The van der Waals surface area contributed by atoms with E-state index < -0.39 is 0 Å². The van der Waals surface area contributed by atoms with Crippen LogP contribution in [0.5, 0.6) is 0 Å². The summed E-state index contributed by atoms with van der Waals surface area (Å²) in [5, 5.41) is 8.12. The van der Waals surface area contributed by atoms with E-state index in [1.54, 1.807) is 0 Å². The molecular formula is C18H27N3. The van der Waals surface area contributed by atoms with Crippen LogP contribution in [0.4, 0.5) is 0 Å². The Morgan fingerprint density at radius 1 is 1.10 bits per heavy atom. The van der Waals surface area contributed by atoms with Crippen molar-refractivity contribution in [1.82, 2.24) is 15.1 Å². The van der Waals surface area contributed by atoms with Gasteiger partial charge in [0.1, 0.15) is 0 Å². The fraction of sp³-hybridized carbons (Fsp3) is 0.500. The molecule has 0 unspecified atom stereocenters. The Labute approximate surface area is 128 Å². The van der Waals surface area contributed by atoms with Crippen LogP contribution in [-0.2, 0) is 26.4 Å². The highest BCUT2D eigenvalue weighted by Crippen LogP contribution is 2.28. The lowest BCUT2D eigenvalue weighted by Gasteiger charge is -2.10. The van der Waals surface area contributed by atoms with Crippen molar-refractivity contribution in [3.05, 3.63) is 41.2 Å². The molecule has 0 saturated heterocycles. The van der Waals surface area contributed by atoms with Crippen LogP contribution >= 0.6 is 0 Å². The largest absolute Gasteiger partial charge is 0.310 e. The third-order valence-corrected chi connectivity index (χ3v) is 3.87. The predicted molar refractivity (Wildman–Crippen MR) is 89.4 cm³/mol. The van der Waals surface area contributed by atoms with Gasteiger partial charge in [0.05, 0.1) is 5.69 Å². The maximum absolute atomic E-state index is 4.66. The van der Waals surface area contributed by atoms with E-state index in [0.717, 1.165) is 19.4 Å². The number of hydrogen-bond donors (Lipinski definition) is 1. The first-order valence-electron chi connectivity index (χ1n) is 7.94. The molecule has 21 heavy (non-hydrogen) atoms. The van der Waals surface area contributed by atoms with Gasteiger partial charge < -0.3 is 5.32 Å². The molecule has 0 radical (unpaired) electrons. The second kappa shape index (κ2) is 6.90. The fourth-order valence-electron chi connectivity index (χ4n) is 2.72. The number of benzene rings is 1. The molecule has 0 atom stereocenters. The molecule has 0 amide bonds. The minimum Gasteiger partial charge on any atom is -0.310 e. The molecule has 3 heteroatoms. The zero-order valence-electron chi connectivity index (χ0n) is 13.9. The Hall–Kier alpha value is -1.61. The van der Waals surface area contributed by atoms with Gasteiger partial charge in [-0.3, -0.25) is 4.68 Å². The standard InChI is InChI=1S/C18H27N3/c1-6-16-18(17(7-2)21(5)20-16)15-10-8-14(9-11-15)12-19-13(3)4/h8-11,13,19H,6-7,12H2,1-5H3. The molecular weight excluding hydrogens is 258 g/mol. The molecule has 2 aromatic rings. The third kappa shape index (κ3) is 3.53. The Bertz CT molecular complexity index is 579. The molecule has 1 N–H and O–H groups in total.